The van der Waals surface area contributed by atoms with Gasteiger partial charge in [-0.1, -0.05) is 51.7 Å². The Hall–Kier alpha value is -0.260. The molecule has 0 radical (unpaired) electrons. The second kappa shape index (κ2) is 7.09. The van der Waals surface area contributed by atoms with Gasteiger partial charge in [-0.25, -0.2) is 0 Å². The lowest BCUT2D eigenvalue weighted by Gasteiger charge is -2.27. The number of rotatable bonds is 5. The van der Waals surface area contributed by atoms with E-state index in [1.165, 1.54) is 51.4 Å². The molecule has 0 bridgehead atoms. The smallest absolute Gasteiger partial charge is 0.0292 e. The average Bonchev–Trinajstić information content (AvgIpc) is 2.22. The van der Waals surface area contributed by atoms with Crippen LogP contribution in [0.1, 0.15) is 72.1 Å². The predicted molar refractivity (Wildman–Crippen MR) is 69.0 cm³/mol. The van der Waals surface area contributed by atoms with Crippen molar-refractivity contribution in [2.75, 3.05) is 0 Å². The van der Waals surface area contributed by atoms with Crippen molar-refractivity contribution >= 4 is 0 Å². The van der Waals surface area contributed by atoms with Gasteiger partial charge in [0.15, 0.2) is 0 Å². The van der Waals surface area contributed by atoms with Crippen molar-refractivity contribution in [3.63, 3.8) is 0 Å². The molecule has 1 aliphatic rings. The Morgan fingerprint density at radius 2 is 1.80 bits per heavy atom. The first-order chi connectivity index (χ1) is 7.26. The van der Waals surface area contributed by atoms with E-state index in [0.717, 1.165) is 11.8 Å². The van der Waals surface area contributed by atoms with E-state index in [-0.39, 0.29) is 0 Å². The summed E-state index contributed by atoms with van der Waals surface area (Å²) in [6.07, 6.45) is 13.6. The maximum Gasteiger partial charge on any atom is -0.0292 e. The summed E-state index contributed by atoms with van der Waals surface area (Å²) in [5.41, 5.74) is 1.74. The summed E-state index contributed by atoms with van der Waals surface area (Å²) in [6, 6.07) is 0. The van der Waals surface area contributed by atoms with Gasteiger partial charge in [-0.3, -0.25) is 0 Å². The number of allylic oxidation sites excluding steroid dienone is 2. The van der Waals surface area contributed by atoms with Crippen LogP contribution in [0, 0.1) is 11.8 Å². The van der Waals surface area contributed by atoms with Gasteiger partial charge in [0.05, 0.1) is 0 Å². The van der Waals surface area contributed by atoms with Crippen LogP contribution < -0.4 is 0 Å². The molecule has 0 unspecified atom stereocenters. The highest BCUT2D eigenvalue weighted by Crippen LogP contribution is 2.33. The van der Waals surface area contributed by atoms with Crippen LogP contribution in [0.25, 0.3) is 0 Å². The molecular weight excluding hydrogens is 180 g/mol. The second-order valence-electron chi connectivity index (χ2n) is 5.35. The molecule has 0 aromatic heterocycles. The summed E-state index contributed by atoms with van der Waals surface area (Å²) >= 11 is 0. The van der Waals surface area contributed by atoms with Gasteiger partial charge in [0.1, 0.15) is 0 Å². The zero-order valence-corrected chi connectivity index (χ0v) is 10.9. The van der Waals surface area contributed by atoms with Crippen LogP contribution >= 0.6 is 0 Å². The van der Waals surface area contributed by atoms with Crippen LogP contribution in [-0.2, 0) is 0 Å². The van der Waals surface area contributed by atoms with Crippen molar-refractivity contribution in [2.24, 2.45) is 11.8 Å². The zero-order valence-electron chi connectivity index (χ0n) is 10.9. The molecule has 0 aromatic rings. The molecule has 0 heterocycles. The predicted octanol–water partition coefficient (Wildman–Crippen LogP) is 5.34. The molecule has 1 fully saturated rings. The highest BCUT2D eigenvalue weighted by atomic mass is 14.2. The fraction of sp³-hybridized carbons (Fsp3) is 0.867. The van der Waals surface area contributed by atoms with Crippen molar-refractivity contribution in [2.45, 2.75) is 72.1 Å². The molecule has 0 spiro atoms. The second-order valence-corrected chi connectivity index (χ2v) is 5.35. The van der Waals surface area contributed by atoms with E-state index in [9.17, 15) is 0 Å². The lowest BCUT2D eigenvalue weighted by Crippen LogP contribution is -2.12. The Kier molecular flexibility index (Phi) is 6.05. The molecule has 0 atom stereocenters. The summed E-state index contributed by atoms with van der Waals surface area (Å²) < 4.78 is 0. The summed E-state index contributed by atoms with van der Waals surface area (Å²) in [5.74, 6) is 2.00. The first-order valence-electron chi connectivity index (χ1n) is 6.94. The van der Waals surface area contributed by atoms with Gasteiger partial charge < -0.3 is 0 Å². The summed E-state index contributed by atoms with van der Waals surface area (Å²) in [6.45, 7) is 6.97. The van der Waals surface area contributed by atoms with E-state index >= 15 is 0 Å². The summed E-state index contributed by atoms with van der Waals surface area (Å²) in [7, 11) is 0. The van der Waals surface area contributed by atoms with Gasteiger partial charge >= 0.3 is 0 Å². The highest BCUT2D eigenvalue weighted by Gasteiger charge is 2.18. The third kappa shape index (κ3) is 4.86. The Morgan fingerprint density at radius 3 is 2.33 bits per heavy atom. The van der Waals surface area contributed by atoms with Crippen LogP contribution in [0.15, 0.2) is 11.6 Å². The third-order valence-electron chi connectivity index (χ3n) is 3.75. The first-order valence-corrected chi connectivity index (χ1v) is 6.94. The van der Waals surface area contributed by atoms with E-state index in [0.29, 0.717) is 0 Å². The van der Waals surface area contributed by atoms with Crippen LogP contribution in [0.2, 0.25) is 0 Å². The minimum absolute atomic E-state index is 0.992. The van der Waals surface area contributed by atoms with Crippen molar-refractivity contribution in [1.82, 2.24) is 0 Å². The summed E-state index contributed by atoms with van der Waals surface area (Å²) in [4.78, 5) is 0. The van der Waals surface area contributed by atoms with Crippen LogP contribution in [0.3, 0.4) is 0 Å². The van der Waals surface area contributed by atoms with Gasteiger partial charge in [-0.15, -0.1) is 0 Å². The number of hydrogen-bond acceptors (Lipinski definition) is 0. The Bertz CT molecular complexity index is 182. The Balaban J connectivity index is 2.34. The molecule has 0 aromatic carbocycles. The van der Waals surface area contributed by atoms with Crippen molar-refractivity contribution in [1.29, 1.82) is 0 Å². The Morgan fingerprint density at radius 1 is 1.13 bits per heavy atom. The van der Waals surface area contributed by atoms with Gasteiger partial charge in [0.25, 0.3) is 0 Å². The fourth-order valence-corrected chi connectivity index (χ4v) is 2.80. The van der Waals surface area contributed by atoms with Gasteiger partial charge in [-0.2, -0.15) is 0 Å². The minimum atomic E-state index is 0.992. The van der Waals surface area contributed by atoms with Crippen molar-refractivity contribution in [3.8, 4) is 0 Å². The molecule has 0 saturated heterocycles. The highest BCUT2D eigenvalue weighted by molar-refractivity contribution is 5.03. The molecule has 1 rings (SSSR count). The van der Waals surface area contributed by atoms with Crippen LogP contribution in [0.4, 0.5) is 0 Å². The van der Waals surface area contributed by atoms with Gasteiger partial charge in [0.2, 0.25) is 0 Å². The molecule has 0 nitrogen and oxygen atoms in total. The van der Waals surface area contributed by atoms with Gasteiger partial charge in [-0.05, 0) is 43.9 Å². The molecular formula is C15H28. The molecule has 88 valence electrons. The summed E-state index contributed by atoms with van der Waals surface area (Å²) in [5, 5.41) is 0. The van der Waals surface area contributed by atoms with Crippen molar-refractivity contribution < 1.29 is 0 Å². The third-order valence-corrected chi connectivity index (χ3v) is 3.75. The quantitative estimate of drug-likeness (QED) is 0.535. The largest absolute Gasteiger partial charge is 0.0856 e. The minimum Gasteiger partial charge on any atom is -0.0856 e. The first kappa shape index (κ1) is 12.8. The molecule has 0 aliphatic heterocycles. The van der Waals surface area contributed by atoms with Crippen LogP contribution in [0.5, 0.6) is 0 Å². The van der Waals surface area contributed by atoms with E-state index in [1.54, 1.807) is 5.57 Å². The topological polar surface area (TPSA) is 0 Å². The van der Waals surface area contributed by atoms with Gasteiger partial charge in [0, 0.05) is 0 Å². The number of hydrogen-bond donors (Lipinski definition) is 0. The van der Waals surface area contributed by atoms with Crippen molar-refractivity contribution in [3.05, 3.63) is 11.6 Å². The molecule has 0 heteroatoms. The van der Waals surface area contributed by atoms with E-state index < -0.39 is 0 Å². The SMILES string of the molecule is CC/C=C(\CCC)CC1CCC(C)CC1. The Labute approximate surface area is 96.2 Å². The maximum atomic E-state index is 2.47. The normalized spacial score (nSPS) is 28.1. The molecule has 15 heavy (non-hydrogen) atoms. The van der Waals surface area contributed by atoms with Crippen LogP contribution in [-0.4, -0.2) is 0 Å². The van der Waals surface area contributed by atoms with E-state index in [1.807, 2.05) is 0 Å². The monoisotopic (exact) mass is 208 g/mol. The standard InChI is InChI=1S/C15H28/c1-4-6-14(7-5-2)12-15-10-8-13(3)9-11-15/h6,13,15H,4-5,7-12H2,1-3H3/b14-6+. The molecule has 0 amide bonds. The van der Waals surface area contributed by atoms with E-state index in [4.69, 9.17) is 0 Å². The lowest BCUT2D eigenvalue weighted by molar-refractivity contribution is 0.287. The molecule has 1 aliphatic carbocycles. The molecule has 1 saturated carbocycles. The lowest BCUT2D eigenvalue weighted by atomic mass is 9.79. The van der Waals surface area contributed by atoms with E-state index in [2.05, 4.69) is 26.8 Å². The fourth-order valence-electron chi connectivity index (χ4n) is 2.80. The molecule has 0 N–H and O–H groups in total. The maximum absolute atomic E-state index is 2.47. The zero-order chi connectivity index (χ0) is 11.1. The average molecular weight is 208 g/mol.